The Bertz CT molecular complexity index is 2170. The minimum atomic E-state index is -1.27. The molecule has 23 heteroatoms. The van der Waals surface area contributed by atoms with Crippen molar-refractivity contribution in [2.24, 2.45) is 11.8 Å². The number of aliphatic carboxylic acids is 5. The number of unbranched alkanes of at least 4 members (excludes halogenated alkanes) is 1. The Balaban J connectivity index is 1.39. The van der Waals surface area contributed by atoms with Gasteiger partial charge in [-0.25, -0.2) is 4.79 Å². The average Bonchev–Trinajstić information content (AvgIpc) is 3.53. The Morgan fingerprint density at radius 3 is 1.84 bits per heavy atom. The van der Waals surface area contributed by atoms with Crippen molar-refractivity contribution >= 4 is 76.4 Å². The zero-order chi connectivity index (χ0) is 51.3. The zero-order valence-electron chi connectivity index (χ0n) is 39.2. The van der Waals surface area contributed by atoms with Crippen LogP contribution in [0.25, 0.3) is 0 Å². The Hall–Kier alpha value is -6.40. The van der Waals surface area contributed by atoms with Gasteiger partial charge in [-0.1, -0.05) is 49.4 Å². The SMILES string of the molecule is CC1CC(=O)N(CCCC[C@H](NC(=O)[C@@H](CC(=O)CNC(=S)Nc2ccc(CC3CN(CC(=O)O)CCN(CC(=O)O)CCN(CC(=O)O)CCN3CC(=O)O)cc2)Cc2ccccc2)C(=O)O)C1=O. The van der Waals surface area contributed by atoms with Crippen molar-refractivity contribution in [2.45, 2.75) is 64.0 Å². The molecule has 0 aromatic heterocycles. The second kappa shape index (κ2) is 28.3. The summed E-state index contributed by atoms with van der Waals surface area (Å²) in [5, 5.41) is 57.2. The maximum Gasteiger partial charge on any atom is 0.326 e. The van der Waals surface area contributed by atoms with Gasteiger partial charge in [0.05, 0.1) is 32.7 Å². The van der Waals surface area contributed by atoms with Crippen LogP contribution in [-0.2, 0) is 56.0 Å². The average molecular weight is 997 g/mol. The van der Waals surface area contributed by atoms with Gasteiger partial charge in [0.2, 0.25) is 17.7 Å². The van der Waals surface area contributed by atoms with Crippen LogP contribution < -0.4 is 16.0 Å². The van der Waals surface area contributed by atoms with Crippen LogP contribution in [0.2, 0.25) is 0 Å². The van der Waals surface area contributed by atoms with Crippen molar-refractivity contribution in [2.75, 3.05) is 90.4 Å². The topological polar surface area (TPSA) is 307 Å². The van der Waals surface area contributed by atoms with E-state index < -0.39 is 60.3 Å². The van der Waals surface area contributed by atoms with Gasteiger partial charge in [0.1, 0.15) is 6.04 Å². The molecule has 0 saturated carbocycles. The summed E-state index contributed by atoms with van der Waals surface area (Å²) in [6.45, 7) is 1.15. The van der Waals surface area contributed by atoms with E-state index in [1.807, 2.05) is 0 Å². The predicted octanol–water partition coefficient (Wildman–Crippen LogP) is 0.397. The van der Waals surface area contributed by atoms with Gasteiger partial charge in [0.15, 0.2) is 10.9 Å². The lowest BCUT2D eigenvalue weighted by atomic mass is 9.92. The number of hydrogen-bond acceptors (Lipinski definition) is 14. The van der Waals surface area contributed by atoms with Crippen LogP contribution in [-0.4, -0.2) is 206 Å². The van der Waals surface area contributed by atoms with E-state index >= 15 is 0 Å². The van der Waals surface area contributed by atoms with Crippen molar-refractivity contribution in [3.05, 3.63) is 65.7 Å². The van der Waals surface area contributed by atoms with E-state index in [1.165, 1.54) is 4.90 Å². The highest BCUT2D eigenvalue weighted by molar-refractivity contribution is 7.80. The van der Waals surface area contributed by atoms with Crippen LogP contribution in [0.5, 0.6) is 0 Å². The molecule has 70 heavy (non-hydrogen) atoms. The number of nitrogens with one attached hydrogen (secondary N) is 3. The molecular weight excluding hydrogens is 933 g/mol. The van der Waals surface area contributed by atoms with Gasteiger partial charge >= 0.3 is 29.8 Å². The summed E-state index contributed by atoms with van der Waals surface area (Å²) in [6.07, 6.45) is 1.03. The van der Waals surface area contributed by atoms with Crippen LogP contribution in [0, 0.1) is 11.8 Å². The summed E-state index contributed by atoms with van der Waals surface area (Å²) in [6, 6.07) is 14.1. The minimum absolute atomic E-state index is 0.0437. The highest BCUT2D eigenvalue weighted by atomic mass is 32.1. The third kappa shape index (κ3) is 19.9. The second-order valence-corrected chi connectivity index (χ2v) is 18.1. The number of ketones is 1. The number of carboxylic acid groups (broad SMARTS) is 5. The van der Waals surface area contributed by atoms with Crippen molar-refractivity contribution in [3.63, 3.8) is 0 Å². The van der Waals surface area contributed by atoms with Gasteiger partial charge in [-0.15, -0.1) is 0 Å². The first-order valence-corrected chi connectivity index (χ1v) is 23.5. The molecule has 0 aliphatic carbocycles. The van der Waals surface area contributed by atoms with Gasteiger partial charge < -0.3 is 41.5 Å². The molecule has 0 spiro atoms. The number of imide groups is 1. The van der Waals surface area contributed by atoms with Crippen LogP contribution >= 0.6 is 12.2 Å². The number of benzene rings is 2. The van der Waals surface area contributed by atoms with E-state index in [-0.39, 0.29) is 139 Å². The molecule has 2 aromatic rings. The van der Waals surface area contributed by atoms with E-state index in [1.54, 1.807) is 81.1 Å². The lowest BCUT2D eigenvalue weighted by Crippen LogP contribution is -2.53. The maximum absolute atomic E-state index is 13.6. The Morgan fingerprint density at radius 1 is 0.714 bits per heavy atom. The summed E-state index contributed by atoms with van der Waals surface area (Å²) >= 11 is 5.47. The first-order chi connectivity index (χ1) is 33.3. The van der Waals surface area contributed by atoms with Crippen LogP contribution in [0.15, 0.2) is 54.6 Å². The largest absolute Gasteiger partial charge is 0.480 e. The fourth-order valence-corrected chi connectivity index (χ4v) is 8.65. The predicted molar refractivity (Wildman–Crippen MR) is 257 cm³/mol. The van der Waals surface area contributed by atoms with Gasteiger partial charge in [-0.2, -0.15) is 0 Å². The molecule has 2 aromatic carbocycles. The van der Waals surface area contributed by atoms with Crippen molar-refractivity contribution < 1.29 is 68.7 Å². The summed E-state index contributed by atoms with van der Waals surface area (Å²) in [7, 11) is 0. The third-order valence-corrected chi connectivity index (χ3v) is 12.3. The molecule has 2 unspecified atom stereocenters. The Labute approximate surface area is 410 Å². The summed E-state index contributed by atoms with van der Waals surface area (Å²) in [5.41, 5.74) is 2.03. The fourth-order valence-electron chi connectivity index (χ4n) is 8.46. The summed E-state index contributed by atoms with van der Waals surface area (Å²) in [5.74, 6) is -8.54. The van der Waals surface area contributed by atoms with Gasteiger partial charge in [0, 0.05) is 88.8 Å². The maximum atomic E-state index is 13.6. The number of thiocarbonyl (C=S) groups is 1. The number of amides is 3. The molecule has 2 aliphatic heterocycles. The number of Topliss-reactive ketones (excluding diaryl/α,β-unsaturated/α-hetero) is 1. The molecular formula is C47H64N8O14S. The van der Waals surface area contributed by atoms with Crippen molar-refractivity contribution in [3.8, 4) is 0 Å². The van der Waals surface area contributed by atoms with Gasteiger partial charge in [-0.3, -0.25) is 62.9 Å². The Kier molecular flexibility index (Phi) is 22.7. The van der Waals surface area contributed by atoms with E-state index in [0.29, 0.717) is 18.5 Å². The smallest absolute Gasteiger partial charge is 0.326 e. The molecule has 3 amide bonds. The van der Waals surface area contributed by atoms with E-state index in [9.17, 15) is 68.7 Å². The van der Waals surface area contributed by atoms with E-state index in [4.69, 9.17) is 12.2 Å². The first kappa shape index (κ1) is 56.2. The number of hydrogen-bond donors (Lipinski definition) is 8. The number of anilines is 1. The highest BCUT2D eigenvalue weighted by Crippen LogP contribution is 2.21. The fraction of sp³-hybridized carbons (Fsp3) is 0.532. The quantitative estimate of drug-likeness (QED) is 0.0379. The standard InChI is InChI=1S/C47H64N8O14S/c1-31-21-39(57)55(45(31)67)14-6-5-9-38(46(68)69)50-44(66)34(22-32-7-3-2-4-8-32)24-37(56)25-48-47(70)49-35-12-10-33(11-13-35)23-36-26-53(29-42(62)63)18-17-51(27-40(58)59)15-16-52(28-41(60)61)19-20-54(36)30-43(64)65/h2-4,7-8,10-13,31,34,36,38H,5-6,9,14-30H2,1H3,(H,50,66)(H,58,59)(H,60,61)(H,62,63)(H,64,65)(H,68,69)(H2,48,49,70)/t31?,34-,36?,38+/m1/s1. The lowest BCUT2D eigenvalue weighted by molar-refractivity contribution is -0.143. The van der Waals surface area contributed by atoms with Gasteiger partial charge in [-0.05, 0) is 67.6 Å². The number of carbonyl (C=O) groups excluding carboxylic acids is 4. The summed E-state index contributed by atoms with van der Waals surface area (Å²) < 4.78 is 0. The molecule has 2 fully saturated rings. The third-order valence-electron chi connectivity index (χ3n) is 12.1. The van der Waals surface area contributed by atoms with Crippen molar-refractivity contribution in [1.82, 2.24) is 35.1 Å². The molecule has 4 rings (SSSR count). The number of rotatable bonds is 25. The van der Waals surface area contributed by atoms with Gasteiger partial charge in [0.25, 0.3) is 0 Å². The molecule has 0 radical (unpaired) electrons. The Morgan fingerprint density at radius 2 is 1.29 bits per heavy atom. The van der Waals surface area contributed by atoms with Crippen LogP contribution in [0.3, 0.4) is 0 Å². The zero-order valence-corrected chi connectivity index (χ0v) is 40.0. The number of nitrogens with zero attached hydrogens (tertiary/aromatic N) is 5. The van der Waals surface area contributed by atoms with E-state index in [2.05, 4.69) is 16.0 Å². The molecule has 4 atom stereocenters. The molecule has 2 saturated heterocycles. The molecule has 8 N–H and O–H groups in total. The number of likely N-dealkylation sites (tertiary alicyclic amines) is 1. The molecule has 382 valence electrons. The molecule has 0 bridgehead atoms. The summed E-state index contributed by atoms with van der Waals surface area (Å²) in [4.78, 5) is 119. The molecule has 2 aliphatic rings. The van der Waals surface area contributed by atoms with Crippen LogP contribution in [0.4, 0.5) is 5.69 Å². The number of carbonyl (C=O) groups is 9. The minimum Gasteiger partial charge on any atom is -0.480 e. The molecule has 2 heterocycles. The first-order valence-electron chi connectivity index (χ1n) is 23.1. The van der Waals surface area contributed by atoms with Crippen molar-refractivity contribution in [1.29, 1.82) is 0 Å². The van der Waals surface area contributed by atoms with E-state index in [0.717, 1.165) is 11.1 Å². The molecule has 22 nitrogen and oxygen atoms in total. The normalized spacial score (nSPS) is 18.7. The van der Waals surface area contributed by atoms with Crippen LogP contribution in [0.1, 0.15) is 50.2 Å². The lowest BCUT2D eigenvalue weighted by Gasteiger charge is -2.37. The monoisotopic (exact) mass is 996 g/mol. The highest BCUT2D eigenvalue weighted by Gasteiger charge is 2.35. The second-order valence-electron chi connectivity index (χ2n) is 17.7. The number of carboxylic acids is 5.